The zero-order valence-electron chi connectivity index (χ0n) is 21.4. The van der Waals surface area contributed by atoms with Gasteiger partial charge in [-0.05, 0) is 99.5 Å². The van der Waals surface area contributed by atoms with Gasteiger partial charge in [-0.3, -0.25) is 0 Å². The van der Waals surface area contributed by atoms with Gasteiger partial charge < -0.3 is 0 Å². The third-order valence-electron chi connectivity index (χ3n) is 6.78. The SMILES string of the molecule is Cc1cccc(C)c1-c1ccccc1Pc1cccc(Pc2ccccc2-c2c(C)cccc2C)c1. The predicted molar refractivity (Wildman–Crippen MR) is 164 cm³/mol. The summed E-state index contributed by atoms with van der Waals surface area (Å²) in [7, 11) is 1.24. The van der Waals surface area contributed by atoms with E-state index >= 15 is 0 Å². The van der Waals surface area contributed by atoms with E-state index in [1.165, 1.54) is 65.7 Å². The molecule has 5 rings (SSSR count). The van der Waals surface area contributed by atoms with Crippen molar-refractivity contribution in [3.05, 3.63) is 131 Å². The van der Waals surface area contributed by atoms with Crippen molar-refractivity contribution in [3.8, 4) is 22.3 Å². The van der Waals surface area contributed by atoms with E-state index in [9.17, 15) is 0 Å². The Kier molecular flexibility index (Phi) is 7.48. The summed E-state index contributed by atoms with van der Waals surface area (Å²) >= 11 is 0. The Morgan fingerprint density at radius 1 is 0.389 bits per heavy atom. The lowest BCUT2D eigenvalue weighted by atomic mass is 9.96. The van der Waals surface area contributed by atoms with E-state index in [2.05, 4.69) is 137 Å². The quantitative estimate of drug-likeness (QED) is 0.211. The first-order valence-corrected chi connectivity index (χ1v) is 14.5. The number of rotatable bonds is 6. The minimum Gasteiger partial charge on any atom is -0.0617 e. The molecule has 0 aliphatic rings. The molecule has 0 nitrogen and oxygen atoms in total. The fourth-order valence-corrected chi connectivity index (χ4v) is 7.71. The number of benzene rings is 5. The van der Waals surface area contributed by atoms with E-state index in [0.29, 0.717) is 17.2 Å². The smallest absolute Gasteiger partial charge is 0.0101 e. The maximum absolute atomic E-state index is 2.42. The molecule has 0 aromatic heterocycles. The molecule has 5 aromatic rings. The van der Waals surface area contributed by atoms with Gasteiger partial charge in [-0.2, -0.15) is 0 Å². The monoisotopic (exact) mass is 502 g/mol. The number of hydrogen-bond donors (Lipinski definition) is 0. The van der Waals surface area contributed by atoms with Crippen molar-refractivity contribution >= 4 is 38.4 Å². The molecule has 2 unspecified atom stereocenters. The van der Waals surface area contributed by atoms with Crippen LogP contribution in [0, 0.1) is 27.7 Å². The van der Waals surface area contributed by atoms with Crippen molar-refractivity contribution in [2.45, 2.75) is 27.7 Å². The Balaban J connectivity index is 1.47. The van der Waals surface area contributed by atoms with Gasteiger partial charge in [0.05, 0.1) is 0 Å². The summed E-state index contributed by atoms with van der Waals surface area (Å²) < 4.78 is 0. The van der Waals surface area contributed by atoms with E-state index in [1.54, 1.807) is 0 Å². The van der Waals surface area contributed by atoms with Gasteiger partial charge in [-0.1, -0.05) is 120 Å². The Morgan fingerprint density at radius 3 is 1.17 bits per heavy atom. The molecule has 0 radical (unpaired) electrons. The van der Waals surface area contributed by atoms with Crippen LogP contribution >= 0.6 is 17.2 Å². The summed E-state index contributed by atoms with van der Waals surface area (Å²) in [5, 5.41) is 5.60. The Bertz CT molecular complexity index is 1380. The van der Waals surface area contributed by atoms with Crippen LogP contribution in [0.4, 0.5) is 0 Å². The van der Waals surface area contributed by atoms with Gasteiger partial charge in [0, 0.05) is 0 Å². The molecule has 5 aromatic carbocycles. The largest absolute Gasteiger partial charge is 0.0617 e. The fraction of sp³-hybridized carbons (Fsp3) is 0.118. The first kappa shape index (κ1) is 24.6. The van der Waals surface area contributed by atoms with Crippen molar-refractivity contribution in [1.29, 1.82) is 0 Å². The van der Waals surface area contributed by atoms with Gasteiger partial charge in [0.2, 0.25) is 0 Å². The van der Waals surface area contributed by atoms with E-state index in [4.69, 9.17) is 0 Å². The molecular formula is C34H32P2. The molecule has 36 heavy (non-hydrogen) atoms. The van der Waals surface area contributed by atoms with Crippen LogP contribution in [0.15, 0.2) is 109 Å². The highest BCUT2D eigenvalue weighted by Crippen LogP contribution is 2.31. The standard InChI is InChI=1S/C34H32P2/c1-23-12-9-13-24(2)33(23)29-18-5-7-20-31(29)35-27-16-11-17-28(22-27)36-32-21-8-6-19-30(32)34-25(3)14-10-15-26(34)4/h5-22,35-36H,1-4H3. The summed E-state index contributed by atoms with van der Waals surface area (Å²) in [6, 6.07) is 40.2. The van der Waals surface area contributed by atoms with Crippen molar-refractivity contribution in [2.75, 3.05) is 0 Å². The molecule has 0 spiro atoms. The van der Waals surface area contributed by atoms with Crippen LogP contribution in [0.1, 0.15) is 22.3 Å². The van der Waals surface area contributed by atoms with Gasteiger partial charge in [-0.25, -0.2) is 0 Å². The molecule has 0 bridgehead atoms. The van der Waals surface area contributed by atoms with Crippen LogP contribution in [0.3, 0.4) is 0 Å². The van der Waals surface area contributed by atoms with Crippen LogP contribution < -0.4 is 21.2 Å². The summed E-state index contributed by atoms with van der Waals surface area (Å²) in [5.74, 6) is 0. The maximum atomic E-state index is 2.42. The zero-order valence-corrected chi connectivity index (χ0v) is 23.4. The third-order valence-corrected chi connectivity index (χ3v) is 9.39. The molecular weight excluding hydrogens is 470 g/mol. The Hall–Kier alpha value is -3.04. The second-order valence-electron chi connectivity index (χ2n) is 9.46. The van der Waals surface area contributed by atoms with Crippen LogP contribution in [0.2, 0.25) is 0 Å². The molecule has 0 heterocycles. The van der Waals surface area contributed by atoms with Crippen LogP contribution in [0.5, 0.6) is 0 Å². The highest BCUT2D eigenvalue weighted by Gasteiger charge is 2.13. The molecule has 178 valence electrons. The fourth-order valence-electron chi connectivity index (χ4n) is 5.08. The van der Waals surface area contributed by atoms with Crippen LogP contribution in [-0.4, -0.2) is 0 Å². The highest BCUT2D eigenvalue weighted by atomic mass is 31.1. The molecule has 0 saturated heterocycles. The second-order valence-corrected chi connectivity index (χ2v) is 12.2. The first-order valence-electron chi connectivity index (χ1n) is 12.5. The summed E-state index contributed by atoms with van der Waals surface area (Å²) in [4.78, 5) is 0. The lowest BCUT2D eigenvalue weighted by molar-refractivity contribution is 1.38. The lowest BCUT2D eigenvalue weighted by Crippen LogP contribution is -2.13. The highest BCUT2D eigenvalue weighted by molar-refractivity contribution is 7.57. The number of aryl methyl sites for hydroxylation is 4. The van der Waals surface area contributed by atoms with Crippen LogP contribution in [-0.2, 0) is 0 Å². The molecule has 0 aliphatic carbocycles. The maximum Gasteiger partial charge on any atom is -0.0101 e. The lowest BCUT2D eigenvalue weighted by Gasteiger charge is -2.16. The van der Waals surface area contributed by atoms with E-state index in [0.717, 1.165) is 0 Å². The average molecular weight is 503 g/mol. The van der Waals surface area contributed by atoms with Gasteiger partial charge in [-0.15, -0.1) is 0 Å². The summed E-state index contributed by atoms with van der Waals surface area (Å²) in [5.41, 5.74) is 10.8. The third kappa shape index (κ3) is 5.22. The van der Waals surface area contributed by atoms with Crippen molar-refractivity contribution in [2.24, 2.45) is 0 Å². The van der Waals surface area contributed by atoms with E-state index in [-0.39, 0.29) is 0 Å². The van der Waals surface area contributed by atoms with Crippen LogP contribution in [0.25, 0.3) is 22.3 Å². The molecule has 2 atom stereocenters. The van der Waals surface area contributed by atoms with Gasteiger partial charge >= 0.3 is 0 Å². The summed E-state index contributed by atoms with van der Waals surface area (Å²) in [6.07, 6.45) is 0. The second kappa shape index (κ2) is 10.9. The molecule has 0 amide bonds. The predicted octanol–water partition coefficient (Wildman–Crippen LogP) is 7.51. The van der Waals surface area contributed by atoms with Crippen molar-refractivity contribution in [3.63, 3.8) is 0 Å². The summed E-state index contributed by atoms with van der Waals surface area (Å²) in [6.45, 7) is 8.88. The minimum absolute atomic E-state index is 0.621. The molecule has 2 heteroatoms. The Labute approximate surface area is 219 Å². The Morgan fingerprint density at radius 2 is 0.750 bits per heavy atom. The van der Waals surface area contributed by atoms with Gasteiger partial charge in [0.1, 0.15) is 0 Å². The minimum atomic E-state index is 0.621. The molecule has 0 saturated carbocycles. The topological polar surface area (TPSA) is 0 Å². The van der Waals surface area contributed by atoms with E-state index in [1.807, 2.05) is 0 Å². The molecule has 0 fully saturated rings. The zero-order chi connectivity index (χ0) is 25.1. The molecule has 0 aliphatic heterocycles. The van der Waals surface area contributed by atoms with Crippen molar-refractivity contribution < 1.29 is 0 Å². The van der Waals surface area contributed by atoms with Gasteiger partial charge in [0.15, 0.2) is 0 Å². The first-order chi connectivity index (χ1) is 17.5. The van der Waals surface area contributed by atoms with Gasteiger partial charge in [0.25, 0.3) is 0 Å². The normalized spacial score (nSPS) is 11.7. The molecule has 0 N–H and O–H groups in total. The average Bonchev–Trinajstić information content (AvgIpc) is 2.86. The van der Waals surface area contributed by atoms with E-state index < -0.39 is 0 Å². The number of hydrogen-bond acceptors (Lipinski definition) is 0. The van der Waals surface area contributed by atoms with Crippen molar-refractivity contribution in [1.82, 2.24) is 0 Å².